The van der Waals surface area contributed by atoms with Crippen LogP contribution in [0.4, 0.5) is 17.4 Å². The van der Waals surface area contributed by atoms with Crippen LogP contribution in [0.15, 0.2) is 28.8 Å². The van der Waals surface area contributed by atoms with E-state index >= 15 is 0 Å². The highest BCUT2D eigenvalue weighted by Crippen LogP contribution is 2.17. The molecule has 2 aromatic rings. The van der Waals surface area contributed by atoms with Gasteiger partial charge in [-0.1, -0.05) is 0 Å². The fourth-order valence-corrected chi connectivity index (χ4v) is 2.44. The Morgan fingerprint density at radius 1 is 1.31 bits per heavy atom. The average molecular weight is 362 g/mol. The van der Waals surface area contributed by atoms with E-state index in [0.717, 1.165) is 24.8 Å². The highest BCUT2D eigenvalue weighted by molar-refractivity contribution is 5.91. The van der Waals surface area contributed by atoms with E-state index in [1.165, 1.54) is 6.07 Å². The van der Waals surface area contributed by atoms with Crippen molar-refractivity contribution in [1.82, 2.24) is 15.5 Å². The number of anilines is 2. The molecule has 2 aromatic heterocycles. The van der Waals surface area contributed by atoms with Crippen molar-refractivity contribution in [3.8, 4) is 0 Å². The van der Waals surface area contributed by atoms with E-state index in [1.807, 2.05) is 6.07 Å². The van der Waals surface area contributed by atoms with E-state index in [4.69, 9.17) is 9.15 Å². The zero-order valence-electron chi connectivity index (χ0n) is 13.9. The number of hydrogen-bond donors (Lipinski definition) is 2. The number of morpholine rings is 1. The highest BCUT2D eigenvalue weighted by atomic mass is 16.6. The van der Waals surface area contributed by atoms with Crippen molar-refractivity contribution >= 4 is 23.3 Å². The maximum absolute atomic E-state index is 11.9. The summed E-state index contributed by atoms with van der Waals surface area (Å²) < 4.78 is 10.2. The molecule has 3 heterocycles. The molecule has 26 heavy (non-hydrogen) atoms. The Bertz CT molecular complexity index is 773. The van der Waals surface area contributed by atoms with Crippen molar-refractivity contribution in [2.45, 2.75) is 0 Å². The molecule has 0 saturated carbocycles. The standard InChI is InChI=1S/C15H18N6O5/c22-15(12-1-2-14(26-12)21(23)24)17-4-3-16-13-9-11(10-18-19-13)20-5-7-25-8-6-20/h1-2,9-10H,3-8H2,(H,16,19)(H,17,22). The van der Waals surface area contributed by atoms with E-state index in [-0.39, 0.29) is 12.3 Å². The lowest BCUT2D eigenvalue weighted by Gasteiger charge is -2.28. The van der Waals surface area contributed by atoms with Crippen LogP contribution < -0.4 is 15.5 Å². The number of furan rings is 1. The van der Waals surface area contributed by atoms with Gasteiger partial charge in [-0.15, -0.1) is 5.10 Å². The minimum atomic E-state index is -0.696. The molecule has 1 amide bonds. The lowest BCUT2D eigenvalue weighted by Crippen LogP contribution is -2.36. The quantitative estimate of drug-likeness (QED) is 0.413. The molecule has 1 aliphatic rings. The molecule has 0 unspecified atom stereocenters. The molecule has 0 bridgehead atoms. The predicted octanol–water partition coefficient (Wildman–Crippen LogP) is 0.656. The first-order valence-corrected chi connectivity index (χ1v) is 8.05. The van der Waals surface area contributed by atoms with Gasteiger partial charge in [0.1, 0.15) is 4.92 Å². The maximum atomic E-state index is 11.9. The van der Waals surface area contributed by atoms with Gasteiger partial charge in [-0.2, -0.15) is 5.10 Å². The molecule has 11 heteroatoms. The van der Waals surface area contributed by atoms with Crippen LogP contribution in [0.1, 0.15) is 10.6 Å². The maximum Gasteiger partial charge on any atom is 0.433 e. The Kier molecular flexibility index (Phi) is 5.59. The normalized spacial score (nSPS) is 14.1. The molecule has 11 nitrogen and oxygen atoms in total. The average Bonchev–Trinajstić information content (AvgIpc) is 3.17. The lowest BCUT2D eigenvalue weighted by atomic mass is 10.3. The predicted molar refractivity (Wildman–Crippen MR) is 91.2 cm³/mol. The van der Waals surface area contributed by atoms with E-state index in [0.29, 0.717) is 25.6 Å². The van der Waals surface area contributed by atoms with Crippen molar-refractivity contribution in [2.75, 3.05) is 49.6 Å². The molecule has 0 aromatic carbocycles. The molecule has 0 radical (unpaired) electrons. The topological polar surface area (TPSA) is 136 Å². The summed E-state index contributed by atoms with van der Waals surface area (Å²) in [6.07, 6.45) is 1.70. The summed E-state index contributed by atoms with van der Waals surface area (Å²) in [6, 6.07) is 4.29. The Morgan fingerprint density at radius 2 is 2.12 bits per heavy atom. The number of hydrogen-bond acceptors (Lipinski definition) is 9. The number of aromatic nitrogens is 2. The third-order valence-electron chi connectivity index (χ3n) is 3.73. The molecule has 3 rings (SSSR count). The molecular weight excluding hydrogens is 344 g/mol. The number of ether oxygens (including phenoxy) is 1. The smallest absolute Gasteiger partial charge is 0.395 e. The molecule has 2 N–H and O–H groups in total. The minimum absolute atomic E-state index is 0.106. The van der Waals surface area contributed by atoms with Crippen molar-refractivity contribution in [3.63, 3.8) is 0 Å². The summed E-state index contributed by atoms with van der Waals surface area (Å²) in [6.45, 7) is 3.67. The molecule has 0 atom stereocenters. The van der Waals surface area contributed by atoms with E-state index < -0.39 is 16.7 Å². The zero-order chi connectivity index (χ0) is 18.4. The Morgan fingerprint density at radius 3 is 2.85 bits per heavy atom. The lowest BCUT2D eigenvalue weighted by molar-refractivity contribution is -0.402. The van der Waals surface area contributed by atoms with Crippen LogP contribution in [0.5, 0.6) is 0 Å². The van der Waals surface area contributed by atoms with Gasteiger partial charge < -0.3 is 24.7 Å². The fourth-order valence-electron chi connectivity index (χ4n) is 2.44. The summed E-state index contributed by atoms with van der Waals surface area (Å²) >= 11 is 0. The van der Waals surface area contributed by atoms with Crippen LogP contribution in [0.25, 0.3) is 0 Å². The van der Waals surface area contributed by atoms with Crippen molar-refractivity contribution < 1.29 is 18.9 Å². The number of carbonyl (C=O) groups is 1. The molecule has 1 fully saturated rings. The second-order valence-electron chi connectivity index (χ2n) is 5.48. The van der Waals surface area contributed by atoms with Crippen molar-refractivity contribution in [3.05, 3.63) is 40.3 Å². The van der Waals surface area contributed by atoms with Gasteiger partial charge in [0.15, 0.2) is 11.6 Å². The SMILES string of the molecule is O=C(NCCNc1cc(N2CCOCC2)cnn1)c1ccc([N+](=O)[O-])o1. The summed E-state index contributed by atoms with van der Waals surface area (Å²) in [4.78, 5) is 23.9. The molecule has 1 aliphatic heterocycles. The summed E-state index contributed by atoms with van der Waals surface area (Å²) in [5.41, 5.74) is 0.956. The third kappa shape index (κ3) is 4.45. The van der Waals surface area contributed by atoms with Gasteiger partial charge in [-0.3, -0.25) is 14.9 Å². The first-order chi connectivity index (χ1) is 12.6. The molecule has 0 aliphatic carbocycles. The molecular formula is C15H18N6O5. The van der Waals surface area contributed by atoms with Gasteiger partial charge in [0.25, 0.3) is 5.91 Å². The molecule has 0 spiro atoms. The highest BCUT2D eigenvalue weighted by Gasteiger charge is 2.17. The number of nitrogens with one attached hydrogen (secondary N) is 2. The van der Waals surface area contributed by atoms with Gasteiger partial charge in [-0.05, 0) is 6.07 Å². The van der Waals surface area contributed by atoms with E-state index in [2.05, 4.69) is 25.7 Å². The first kappa shape index (κ1) is 17.6. The van der Waals surface area contributed by atoms with Crippen LogP contribution in [-0.4, -0.2) is 60.4 Å². The summed E-state index contributed by atoms with van der Waals surface area (Å²) in [5.74, 6) is -0.501. The fraction of sp³-hybridized carbons (Fsp3) is 0.400. The monoisotopic (exact) mass is 362 g/mol. The van der Waals surface area contributed by atoms with Crippen molar-refractivity contribution in [2.24, 2.45) is 0 Å². The largest absolute Gasteiger partial charge is 0.433 e. The van der Waals surface area contributed by atoms with Crippen molar-refractivity contribution in [1.29, 1.82) is 0 Å². The number of rotatable bonds is 7. The molecule has 1 saturated heterocycles. The third-order valence-corrected chi connectivity index (χ3v) is 3.73. The van der Waals surface area contributed by atoms with Crippen LogP contribution in [0.2, 0.25) is 0 Å². The van der Waals surface area contributed by atoms with Gasteiger partial charge in [0.05, 0.1) is 31.2 Å². The van der Waals surface area contributed by atoms with E-state index in [1.54, 1.807) is 6.20 Å². The number of nitro groups is 1. The second-order valence-corrected chi connectivity index (χ2v) is 5.48. The Hall–Kier alpha value is -3.21. The Labute approximate surface area is 148 Å². The van der Waals surface area contributed by atoms with E-state index in [9.17, 15) is 14.9 Å². The number of carbonyl (C=O) groups excluding carboxylic acids is 1. The zero-order valence-corrected chi connectivity index (χ0v) is 13.9. The summed E-state index contributed by atoms with van der Waals surface area (Å²) in [5, 5.41) is 24.2. The van der Waals surface area contributed by atoms with Crippen LogP contribution >= 0.6 is 0 Å². The van der Waals surface area contributed by atoms with Gasteiger partial charge in [0, 0.05) is 32.2 Å². The van der Waals surface area contributed by atoms with Crippen LogP contribution in [0, 0.1) is 10.1 Å². The number of amides is 1. The Balaban J connectivity index is 1.45. The minimum Gasteiger partial charge on any atom is -0.395 e. The van der Waals surface area contributed by atoms with Gasteiger partial charge in [-0.25, -0.2) is 0 Å². The van der Waals surface area contributed by atoms with Gasteiger partial charge in [0.2, 0.25) is 0 Å². The summed E-state index contributed by atoms with van der Waals surface area (Å²) in [7, 11) is 0. The van der Waals surface area contributed by atoms with Crippen LogP contribution in [0.3, 0.4) is 0 Å². The second kappa shape index (κ2) is 8.25. The molecule has 138 valence electrons. The number of nitrogens with zero attached hydrogens (tertiary/aromatic N) is 4. The van der Waals surface area contributed by atoms with Crippen LogP contribution in [-0.2, 0) is 4.74 Å². The van der Waals surface area contributed by atoms with Gasteiger partial charge >= 0.3 is 5.88 Å². The first-order valence-electron chi connectivity index (χ1n) is 8.05.